The van der Waals surface area contributed by atoms with Crippen LogP contribution in [0.15, 0.2) is 59.0 Å². The average Bonchev–Trinajstić information content (AvgIpc) is 2.96. The van der Waals surface area contributed by atoms with Crippen molar-refractivity contribution in [3.8, 4) is 11.3 Å². The van der Waals surface area contributed by atoms with E-state index in [1.165, 1.54) is 18.2 Å². The number of carbonyl (C=O) groups is 1. The zero-order valence-corrected chi connectivity index (χ0v) is 13.7. The molecule has 1 N–H and O–H groups in total. The minimum absolute atomic E-state index is 0.330. The maximum absolute atomic E-state index is 14.2. The molecule has 3 rings (SSSR count). The smallest absolute Gasteiger partial charge is 0.417 e. The van der Waals surface area contributed by atoms with Gasteiger partial charge in [-0.25, -0.2) is 4.39 Å². The van der Waals surface area contributed by atoms with Crippen LogP contribution in [0.4, 0.5) is 23.2 Å². The van der Waals surface area contributed by atoms with Gasteiger partial charge in [0.1, 0.15) is 0 Å². The van der Waals surface area contributed by atoms with Crippen LogP contribution in [0.5, 0.6) is 0 Å². The summed E-state index contributed by atoms with van der Waals surface area (Å²) in [5.74, 6) is -3.01. The minimum Gasteiger partial charge on any atom is -0.448 e. The van der Waals surface area contributed by atoms with Crippen LogP contribution in [-0.4, -0.2) is 5.91 Å². The second-order valence-corrected chi connectivity index (χ2v) is 5.73. The van der Waals surface area contributed by atoms with Crippen LogP contribution in [-0.2, 0) is 6.18 Å². The number of benzene rings is 2. The zero-order valence-electron chi connectivity index (χ0n) is 12.9. The fourth-order valence-corrected chi connectivity index (χ4v) is 2.54. The Labute approximate surface area is 150 Å². The third-order valence-corrected chi connectivity index (χ3v) is 3.71. The Hall–Kier alpha value is -2.80. The molecule has 26 heavy (non-hydrogen) atoms. The Kier molecular flexibility index (Phi) is 4.73. The highest BCUT2D eigenvalue weighted by atomic mass is 35.5. The fourth-order valence-electron chi connectivity index (χ4n) is 2.35. The molecule has 1 amide bonds. The van der Waals surface area contributed by atoms with Crippen LogP contribution < -0.4 is 5.32 Å². The van der Waals surface area contributed by atoms with Crippen LogP contribution in [0.3, 0.4) is 0 Å². The van der Waals surface area contributed by atoms with Crippen LogP contribution in [0.2, 0.25) is 5.02 Å². The van der Waals surface area contributed by atoms with E-state index in [0.29, 0.717) is 10.7 Å². The first-order valence-corrected chi connectivity index (χ1v) is 7.66. The van der Waals surface area contributed by atoms with Crippen molar-refractivity contribution in [1.29, 1.82) is 0 Å². The summed E-state index contributed by atoms with van der Waals surface area (Å²) < 4.78 is 58.5. The summed E-state index contributed by atoms with van der Waals surface area (Å²) in [4.78, 5) is 12.2. The molecule has 3 nitrogen and oxygen atoms in total. The Balaban J connectivity index is 1.94. The van der Waals surface area contributed by atoms with Gasteiger partial charge in [-0.3, -0.25) is 4.79 Å². The maximum atomic E-state index is 14.2. The highest BCUT2D eigenvalue weighted by Crippen LogP contribution is 2.38. The van der Waals surface area contributed by atoms with E-state index in [4.69, 9.17) is 16.0 Å². The molecule has 0 spiro atoms. The topological polar surface area (TPSA) is 42.2 Å². The first-order chi connectivity index (χ1) is 12.3. The van der Waals surface area contributed by atoms with Gasteiger partial charge in [-0.15, -0.1) is 0 Å². The lowest BCUT2D eigenvalue weighted by atomic mass is 10.0. The Morgan fingerprint density at radius 2 is 1.77 bits per heavy atom. The van der Waals surface area contributed by atoms with Crippen molar-refractivity contribution in [2.45, 2.75) is 6.18 Å². The molecule has 0 aliphatic carbocycles. The molecule has 134 valence electrons. The highest BCUT2D eigenvalue weighted by molar-refractivity contribution is 6.30. The number of furan rings is 1. The van der Waals surface area contributed by atoms with E-state index in [9.17, 15) is 22.4 Å². The number of hydrogen-bond donors (Lipinski definition) is 1. The van der Waals surface area contributed by atoms with Crippen molar-refractivity contribution in [2.24, 2.45) is 0 Å². The predicted octanol–water partition coefficient (Wildman–Crippen LogP) is 6.01. The van der Waals surface area contributed by atoms with Gasteiger partial charge in [0.05, 0.1) is 5.56 Å². The molecule has 3 aromatic rings. The van der Waals surface area contributed by atoms with Crippen LogP contribution >= 0.6 is 11.6 Å². The normalized spacial score (nSPS) is 11.4. The molecule has 0 saturated heterocycles. The van der Waals surface area contributed by atoms with Crippen molar-refractivity contribution in [1.82, 2.24) is 0 Å². The van der Waals surface area contributed by atoms with Crippen LogP contribution in [0.1, 0.15) is 16.1 Å². The molecule has 0 aliphatic heterocycles. The lowest BCUT2D eigenvalue weighted by Crippen LogP contribution is -2.10. The third kappa shape index (κ3) is 3.72. The van der Waals surface area contributed by atoms with Crippen molar-refractivity contribution in [2.75, 3.05) is 5.32 Å². The SMILES string of the molecule is O=C(Nc1cccc(Cl)c1)c1cc(F)c(-c2ccccc2C(F)(F)F)o1. The highest BCUT2D eigenvalue weighted by Gasteiger charge is 2.35. The molecule has 0 bridgehead atoms. The third-order valence-electron chi connectivity index (χ3n) is 3.47. The molecule has 0 fully saturated rings. The lowest BCUT2D eigenvalue weighted by molar-refractivity contribution is -0.137. The molecule has 0 radical (unpaired) electrons. The average molecular weight is 384 g/mol. The van der Waals surface area contributed by atoms with Crippen molar-refractivity contribution < 1.29 is 26.8 Å². The number of carbonyl (C=O) groups excluding carboxylic acids is 1. The second kappa shape index (κ2) is 6.84. The second-order valence-electron chi connectivity index (χ2n) is 5.30. The molecule has 2 aromatic carbocycles. The molecule has 0 unspecified atom stereocenters. The van der Waals surface area contributed by atoms with Gasteiger partial charge < -0.3 is 9.73 Å². The molecule has 8 heteroatoms. The maximum Gasteiger partial charge on any atom is 0.417 e. The lowest BCUT2D eigenvalue weighted by Gasteiger charge is -2.10. The monoisotopic (exact) mass is 383 g/mol. The quantitative estimate of drug-likeness (QED) is 0.563. The Morgan fingerprint density at radius 3 is 2.46 bits per heavy atom. The number of hydrogen-bond acceptors (Lipinski definition) is 2. The van der Waals surface area contributed by atoms with Gasteiger partial charge in [0.15, 0.2) is 17.3 Å². The van der Waals surface area contributed by atoms with E-state index >= 15 is 0 Å². The molecule has 1 aromatic heterocycles. The summed E-state index contributed by atoms with van der Waals surface area (Å²) in [6.45, 7) is 0. The van der Waals surface area contributed by atoms with E-state index < -0.39 is 40.5 Å². The first-order valence-electron chi connectivity index (χ1n) is 7.28. The van der Waals surface area contributed by atoms with Crippen LogP contribution in [0.25, 0.3) is 11.3 Å². The standard InChI is InChI=1S/C18H10ClF4NO2/c19-10-4-3-5-11(8-10)24-17(25)15-9-14(20)16(26-15)12-6-1-2-7-13(12)18(21,22)23/h1-9H,(H,24,25). The summed E-state index contributed by atoms with van der Waals surface area (Å²) in [6.07, 6.45) is -4.70. The molecular weight excluding hydrogens is 374 g/mol. The van der Waals surface area contributed by atoms with Gasteiger partial charge in [0.2, 0.25) is 0 Å². The Bertz CT molecular complexity index is 966. The van der Waals surface area contributed by atoms with Gasteiger partial charge in [0, 0.05) is 22.3 Å². The van der Waals surface area contributed by atoms with E-state index in [0.717, 1.165) is 18.2 Å². The van der Waals surface area contributed by atoms with Gasteiger partial charge in [-0.2, -0.15) is 13.2 Å². The first kappa shape index (κ1) is 18.0. The van der Waals surface area contributed by atoms with E-state index in [2.05, 4.69) is 5.32 Å². The molecule has 0 atom stereocenters. The Morgan fingerprint density at radius 1 is 1.04 bits per heavy atom. The number of alkyl halides is 3. The van der Waals surface area contributed by atoms with Gasteiger partial charge in [-0.1, -0.05) is 35.9 Å². The number of halogens is 5. The van der Waals surface area contributed by atoms with E-state index in [1.807, 2.05) is 0 Å². The molecule has 0 saturated carbocycles. The zero-order chi connectivity index (χ0) is 18.9. The number of nitrogens with one attached hydrogen (secondary N) is 1. The van der Waals surface area contributed by atoms with Crippen molar-refractivity contribution in [3.63, 3.8) is 0 Å². The van der Waals surface area contributed by atoms with Gasteiger partial charge >= 0.3 is 6.18 Å². The number of amides is 1. The fraction of sp³-hybridized carbons (Fsp3) is 0.0556. The molecule has 1 heterocycles. The van der Waals surface area contributed by atoms with Crippen molar-refractivity contribution >= 4 is 23.2 Å². The summed E-state index contributed by atoms with van der Waals surface area (Å²) >= 11 is 5.80. The predicted molar refractivity (Wildman–Crippen MR) is 88.5 cm³/mol. The van der Waals surface area contributed by atoms with Gasteiger partial charge in [-0.05, 0) is 24.3 Å². The number of rotatable bonds is 3. The summed E-state index contributed by atoms with van der Waals surface area (Å²) in [7, 11) is 0. The van der Waals surface area contributed by atoms with Crippen LogP contribution in [0, 0.1) is 5.82 Å². The van der Waals surface area contributed by atoms with Crippen molar-refractivity contribution in [3.05, 3.63) is 76.8 Å². The summed E-state index contributed by atoms with van der Waals surface area (Å²) in [6, 6.07) is 11.3. The molecule has 0 aliphatic rings. The van der Waals surface area contributed by atoms with E-state index in [1.54, 1.807) is 18.2 Å². The van der Waals surface area contributed by atoms with E-state index in [-0.39, 0.29) is 0 Å². The number of anilines is 1. The minimum atomic E-state index is -4.70. The largest absolute Gasteiger partial charge is 0.448 e. The summed E-state index contributed by atoms with van der Waals surface area (Å²) in [5, 5.41) is 2.80. The summed E-state index contributed by atoms with van der Waals surface area (Å²) in [5.41, 5.74) is -1.22. The molecular formula is C18H10ClF4NO2. The van der Waals surface area contributed by atoms with Gasteiger partial charge in [0.25, 0.3) is 5.91 Å².